The van der Waals surface area contributed by atoms with Gasteiger partial charge in [0.05, 0.1) is 0 Å². The summed E-state index contributed by atoms with van der Waals surface area (Å²) in [5.74, 6) is 0.866. The molecule has 1 aliphatic heterocycles. The van der Waals surface area contributed by atoms with Gasteiger partial charge in [-0.1, -0.05) is 20.3 Å². The lowest BCUT2D eigenvalue weighted by molar-refractivity contribution is 0.219. The largest absolute Gasteiger partial charge is 0.326 e. The lowest BCUT2D eigenvalue weighted by Crippen LogP contribution is -2.53. The Labute approximate surface area is 110 Å². The van der Waals surface area contributed by atoms with Crippen LogP contribution in [-0.4, -0.2) is 37.9 Å². The second kappa shape index (κ2) is 5.45. The van der Waals surface area contributed by atoms with Gasteiger partial charge in [-0.15, -0.1) is 0 Å². The van der Waals surface area contributed by atoms with E-state index < -0.39 is 10.2 Å². The van der Waals surface area contributed by atoms with E-state index in [9.17, 15) is 8.42 Å². The van der Waals surface area contributed by atoms with Crippen molar-refractivity contribution in [3.05, 3.63) is 0 Å². The lowest BCUT2D eigenvalue weighted by Gasteiger charge is -2.35. The zero-order valence-corrected chi connectivity index (χ0v) is 12.1. The average Bonchev–Trinajstić information content (AvgIpc) is 2.62. The fraction of sp³-hybridized carbons (Fsp3) is 1.00. The van der Waals surface area contributed by atoms with Crippen molar-refractivity contribution >= 4 is 10.2 Å². The van der Waals surface area contributed by atoms with Crippen molar-refractivity contribution in [2.45, 2.75) is 51.6 Å². The van der Waals surface area contributed by atoms with Crippen molar-refractivity contribution in [2.24, 2.45) is 17.6 Å². The molecular formula is C12H25N3O2S. The Hall–Kier alpha value is -0.170. The van der Waals surface area contributed by atoms with Crippen molar-refractivity contribution in [1.29, 1.82) is 0 Å². The summed E-state index contributed by atoms with van der Waals surface area (Å²) in [5.41, 5.74) is 5.92. The van der Waals surface area contributed by atoms with Gasteiger partial charge in [-0.25, -0.2) is 0 Å². The van der Waals surface area contributed by atoms with Crippen LogP contribution < -0.4 is 10.5 Å². The van der Waals surface area contributed by atoms with Crippen LogP contribution in [0.3, 0.4) is 0 Å². The van der Waals surface area contributed by atoms with Crippen LogP contribution in [0, 0.1) is 11.8 Å². The molecule has 6 heteroatoms. The zero-order valence-electron chi connectivity index (χ0n) is 11.3. The van der Waals surface area contributed by atoms with Crippen LogP contribution in [0.25, 0.3) is 0 Å². The third kappa shape index (κ3) is 3.23. The molecule has 0 radical (unpaired) electrons. The van der Waals surface area contributed by atoms with Gasteiger partial charge in [-0.3, -0.25) is 0 Å². The molecule has 106 valence electrons. The van der Waals surface area contributed by atoms with Gasteiger partial charge in [-0.05, 0) is 31.1 Å². The summed E-state index contributed by atoms with van der Waals surface area (Å²) >= 11 is 0. The molecule has 4 unspecified atom stereocenters. The van der Waals surface area contributed by atoms with E-state index in [1.165, 1.54) is 0 Å². The minimum absolute atomic E-state index is 0.0283. The van der Waals surface area contributed by atoms with Crippen LogP contribution in [0.1, 0.15) is 39.5 Å². The highest BCUT2D eigenvalue weighted by molar-refractivity contribution is 7.87. The number of nitrogens with one attached hydrogen (secondary N) is 1. The summed E-state index contributed by atoms with van der Waals surface area (Å²) in [5, 5.41) is 0. The SMILES string of the molecule is CC1CC(C)CN(S(=O)(=O)NC2CCCC2N)C1. The average molecular weight is 275 g/mol. The number of hydrogen-bond acceptors (Lipinski definition) is 3. The molecule has 0 amide bonds. The molecule has 2 rings (SSSR count). The first kappa shape index (κ1) is 14.2. The maximum atomic E-state index is 12.3. The van der Waals surface area contributed by atoms with Crippen molar-refractivity contribution < 1.29 is 8.42 Å². The Morgan fingerprint density at radius 2 is 1.78 bits per heavy atom. The fourth-order valence-electron chi connectivity index (χ4n) is 3.20. The van der Waals surface area contributed by atoms with Crippen molar-refractivity contribution in [3.63, 3.8) is 0 Å². The lowest BCUT2D eigenvalue weighted by atomic mass is 9.94. The standard InChI is InChI=1S/C12H25N3O2S/c1-9-6-10(2)8-15(7-9)18(16,17)14-12-5-3-4-11(12)13/h9-12,14H,3-8,13H2,1-2H3. The molecule has 2 fully saturated rings. The van der Waals surface area contributed by atoms with E-state index >= 15 is 0 Å². The third-order valence-corrected chi connectivity index (χ3v) is 5.62. The van der Waals surface area contributed by atoms with Crippen molar-refractivity contribution in [1.82, 2.24) is 9.03 Å². The molecule has 0 spiro atoms. The number of piperidine rings is 1. The van der Waals surface area contributed by atoms with E-state index in [1.807, 2.05) is 0 Å². The van der Waals surface area contributed by atoms with E-state index in [2.05, 4.69) is 18.6 Å². The summed E-state index contributed by atoms with van der Waals surface area (Å²) in [6.07, 6.45) is 3.90. The van der Waals surface area contributed by atoms with E-state index in [0.29, 0.717) is 24.9 Å². The molecule has 3 N–H and O–H groups in total. The Balaban J connectivity index is 2.01. The highest BCUT2D eigenvalue weighted by Crippen LogP contribution is 2.24. The molecule has 0 aromatic heterocycles. The van der Waals surface area contributed by atoms with Gasteiger partial charge in [0.1, 0.15) is 0 Å². The van der Waals surface area contributed by atoms with E-state index in [1.54, 1.807) is 4.31 Å². The smallest absolute Gasteiger partial charge is 0.279 e. The first-order valence-corrected chi connectivity index (χ1v) is 8.35. The van der Waals surface area contributed by atoms with Crippen molar-refractivity contribution in [2.75, 3.05) is 13.1 Å². The first-order valence-electron chi connectivity index (χ1n) is 6.91. The van der Waals surface area contributed by atoms with Crippen LogP contribution in [0.4, 0.5) is 0 Å². The Morgan fingerprint density at radius 1 is 1.17 bits per heavy atom. The second-order valence-electron chi connectivity index (χ2n) is 6.09. The van der Waals surface area contributed by atoms with Gasteiger partial charge >= 0.3 is 0 Å². The number of nitrogens with two attached hydrogens (primary N) is 1. The quantitative estimate of drug-likeness (QED) is 0.795. The van der Waals surface area contributed by atoms with Crippen molar-refractivity contribution in [3.8, 4) is 0 Å². The number of hydrogen-bond donors (Lipinski definition) is 2. The number of nitrogens with zero attached hydrogens (tertiary/aromatic N) is 1. The van der Waals surface area contributed by atoms with Crippen LogP contribution in [-0.2, 0) is 10.2 Å². The molecule has 1 saturated heterocycles. The van der Waals surface area contributed by atoms with Crippen LogP contribution in [0.5, 0.6) is 0 Å². The van der Waals surface area contributed by atoms with Gasteiger partial charge in [0, 0.05) is 25.2 Å². The molecule has 1 heterocycles. The highest BCUT2D eigenvalue weighted by atomic mass is 32.2. The van der Waals surface area contributed by atoms with E-state index in [-0.39, 0.29) is 12.1 Å². The maximum Gasteiger partial charge on any atom is 0.279 e. The summed E-state index contributed by atoms with van der Waals surface area (Å²) in [6.45, 7) is 5.47. The molecule has 0 bridgehead atoms. The molecule has 5 nitrogen and oxygen atoms in total. The molecule has 1 aliphatic carbocycles. The molecule has 0 aromatic carbocycles. The zero-order chi connectivity index (χ0) is 13.3. The molecule has 1 saturated carbocycles. The van der Waals surface area contributed by atoms with Gasteiger partial charge in [0.2, 0.25) is 0 Å². The predicted octanol–water partition coefficient (Wildman–Crippen LogP) is 0.679. The van der Waals surface area contributed by atoms with Crippen LogP contribution in [0.15, 0.2) is 0 Å². The third-order valence-electron chi connectivity index (χ3n) is 4.04. The summed E-state index contributed by atoms with van der Waals surface area (Å²) in [7, 11) is -3.36. The predicted molar refractivity (Wildman–Crippen MR) is 72.2 cm³/mol. The Kier molecular flexibility index (Phi) is 4.31. The minimum Gasteiger partial charge on any atom is -0.326 e. The molecule has 2 aliphatic rings. The summed E-state index contributed by atoms with van der Waals surface area (Å²) in [6, 6.07) is -0.109. The van der Waals surface area contributed by atoms with E-state index in [4.69, 9.17) is 5.73 Å². The van der Waals surface area contributed by atoms with Gasteiger partial charge < -0.3 is 5.73 Å². The van der Waals surface area contributed by atoms with Crippen LogP contribution >= 0.6 is 0 Å². The van der Waals surface area contributed by atoms with Gasteiger partial charge in [0.25, 0.3) is 10.2 Å². The van der Waals surface area contributed by atoms with Crippen LogP contribution in [0.2, 0.25) is 0 Å². The Bertz CT molecular complexity index is 375. The number of rotatable bonds is 3. The maximum absolute atomic E-state index is 12.3. The molecule has 4 atom stereocenters. The monoisotopic (exact) mass is 275 g/mol. The topological polar surface area (TPSA) is 75.4 Å². The summed E-state index contributed by atoms with van der Waals surface area (Å²) < 4.78 is 29.1. The highest BCUT2D eigenvalue weighted by Gasteiger charge is 2.34. The normalized spacial score (nSPS) is 39.1. The van der Waals surface area contributed by atoms with Gasteiger partial charge in [-0.2, -0.15) is 17.4 Å². The first-order chi connectivity index (χ1) is 8.38. The summed E-state index contributed by atoms with van der Waals surface area (Å²) in [4.78, 5) is 0. The van der Waals surface area contributed by atoms with Gasteiger partial charge in [0.15, 0.2) is 0 Å². The minimum atomic E-state index is -3.36. The molecule has 18 heavy (non-hydrogen) atoms. The molecule has 0 aromatic rings. The molecular weight excluding hydrogens is 250 g/mol. The van der Waals surface area contributed by atoms with E-state index in [0.717, 1.165) is 25.7 Å². The second-order valence-corrected chi connectivity index (χ2v) is 7.79. The fourth-order valence-corrected chi connectivity index (χ4v) is 4.93. The Morgan fingerprint density at radius 3 is 2.28 bits per heavy atom.